The van der Waals surface area contributed by atoms with Crippen LogP contribution in [0.4, 0.5) is 0 Å². The Morgan fingerprint density at radius 2 is 2.05 bits per heavy atom. The van der Waals surface area contributed by atoms with Crippen LogP contribution in [0.15, 0.2) is 0 Å². The molecule has 2 fully saturated rings. The number of hydrogen-bond donors (Lipinski definition) is 2. The normalized spacial score (nSPS) is 40.7. The zero-order valence-electron chi connectivity index (χ0n) is 12.9. The second-order valence-corrected chi connectivity index (χ2v) is 6.98. The molecule has 3 nitrogen and oxygen atoms in total. The summed E-state index contributed by atoms with van der Waals surface area (Å²) in [7, 11) is 0. The maximum Gasteiger partial charge on any atom is 0.0471 e. The largest absolute Gasteiger partial charge is 0.396 e. The van der Waals surface area contributed by atoms with Gasteiger partial charge in [0.1, 0.15) is 0 Å². The third-order valence-electron chi connectivity index (χ3n) is 5.24. The number of aliphatic hydroxyl groups excluding tert-OH is 1. The lowest BCUT2D eigenvalue weighted by Crippen LogP contribution is -2.48. The van der Waals surface area contributed by atoms with E-state index in [-0.39, 0.29) is 0 Å². The van der Waals surface area contributed by atoms with E-state index in [1.807, 2.05) is 0 Å². The molecule has 5 unspecified atom stereocenters. The Hall–Kier alpha value is -0.120. The fourth-order valence-corrected chi connectivity index (χ4v) is 4.24. The Balaban J connectivity index is 1.91. The summed E-state index contributed by atoms with van der Waals surface area (Å²) in [6.45, 7) is 12.0. The molecule has 0 amide bonds. The number of nitrogens with zero attached hydrogens (tertiary/aromatic N) is 1. The van der Waals surface area contributed by atoms with Crippen LogP contribution in [-0.2, 0) is 0 Å². The standard InChI is InChI=1S/C16H32N2O/c1-4-17-16-8-12(2)7-13(3)15(16)10-18-6-5-14(9-18)11-19/h12-17,19H,4-11H2,1-3H3. The van der Waals surface area contributed by atoms with E-state index < -0.39 is 0 Å². The van der Waals surface area contributed by atoms with E-state index in [9.17, 15) is 5.11 Å². The zero-order chi connectivity index (χ0) is 13.8. The maximum absolute atomic E-state index is 9.27. The molecule has 0 aromatic carbocycles. The van der Waals surface area contributed by atoms with Crippen molar-refractivity contribution in [2.24, 2.45) is 23.7 Å². The predicted octanol–water partition coefficient (Wildman–Crippen LogP) is 1.96. The molecule has 2 rings (SSSR count). The van der Waals surface area contributed by atoms with Gasteiger partial charge in [-0.05, 0) is 56.0 Å². The molecule has 1 aliphatic heterocycles. The topological polar surface area (TPSA) is 35.5 Å². The van der Waals surface area contributed by atoms with Crippen molar-refractivity contribution in [1.29, 1.82) is 0 Å². The lowest BCUT2D eigenvalue weighted by molar-refractivity contribution is 0.108. The van der Waals surface area contributed by atoms with Crippen LogP contribution < -0.4 is 5.32 Å². The molecule has 2 N–H and O–H groups in total. The minimum atomic E-state index is 0.365. The van der Waals surface area contributed by atoms with Gasteiger partial charge in [0, 0.05) is 25.7 Å². The highest BCUT2D eigenvalue weighted by molar-refractivity contribution is 4.90. The van der Waals surface area contributed by atoms with Gasteiger partial charge < -0.3 is 15.3 Å². The average molecular weight is 268 g/mol. The van der Waals surface area contributed by atoms with Crippen LogP contribution in [0, 0.1) is 23.7 Å². The van der Waals surface area contributed by atoms with Gasteiger partial charge in [0.25, 0.3) is 0 Å². The Kier molecular flexibility index (Phi) is 5.67. The van der Waals surface area contributed by atoms with E-state index >= 15 is 0 Å². The molecule has 1 heterocycles. The van der Waals surface area contributed by atoms with E-state index in [4.69, 9.17) is 0 Å². The van der Waals surface area contributed by atoms with Crippen LogP contribution in [0.3, 0.4) is 0 Å². The van der Waals surface area contributed by atoms with Crippen molar-refractivity contribution in [2.75, 3.05) is 32.8 Å². The van der Waals surface area contributed by atoms with Gasteiger partial charge in [-0.15, -0.1) is 0 Å². The van der Waals surface area contributed by atoms with Crippen LogP contribution in [0.1, 0.15) is 40.0 Å². The fourth-order valence-electron chi connectivity index (χ4n) is 4.24. The van der Waals surface area contributed by atoms with Crippen LogP contribution in [0.25, 0.3) is 0 Å². The molecular formula is C16H32N2O. The van der Waals surface area contributed by atoms with Crippen LogP contribution >= 0.6 is 0 Å². The van der Waals surface area contributed by atoms with Crippen LogP contribution in [0.2, 0.25) is 0 Å². The SMILES string of the molecule is CCNC1CC(C)CC(C)C1CN1CCC(CO)C1. The monoisotopic (exact) mass is 268 g/mol. The minimum Gasteiger partial charge on any atom is -0.396 e. The number of aliphatic hydroxyl groups is 1. The first-order chi connectivity index (χ1) is 9.13. The third kappa shape index (κ3) is 3.93. The smallest absolute Gasteiger partial charge is 0.0471 e. The Morgan fingerprint density at radius 3 is 2.68 bits per heavy atom. The van der Waals surface area contributed by atoms with Crippen molar-refractivity contribution in [2.45, 2.75) is 46.1 Å². The van der Waals surface area contributed by atoms with E-state index in [0.717, 1.165) is 30.8 Å². The highest BCUT2D eigenvalue weighted by Crippen LogP contribution is 2.35. The highest BCUT2D eigenvalue weighted by atomic mass is 16.3. The molecule has 5 atom stereocenters. The third-order valence-corrected chi connectivity index (χ3v) is 5.24. The van der Waals surface area contributed by atoms with Gasteiger partial charge in [-0.2, -0.15) is 0 Å². The van der Waals surface area contributed by atoms with Gasteiger partial charge >= 0.3 is 0 Å². The summed E-state index contributed by atoms with van der Waals surface area (Å²) in [6.07, 6.45) is 3.89. The van der Waals surface area contributed by atoms with Crippen molar-refractivity contribution in [3.8, 4) is 0 Å². The van der Waals surface area contributed by atoms with Gasteiger partial charge in [0.2, 0.25) is 0 Å². The highest BCUT2D eigenvalue weighted by Gasteiger charge is 2.35. The second kappa shape index (κ2) is 7.05. The zero-order valence-corrected chi connectivity index (χ0v) is 12.9. The first-order valence-corrected chi connectivity index (χ1v) is 8.20. The molecule has 0 bridgehead atoms. The molecule has 2 aliphatic rings. The Labute approximate surface area is 118 Å². The summed E-state index contributed by atoms with van der Waals surface area (Å²) in [4.78, 5) is 2.59. The molecule has 112 valence electrons. The summed E-state index contributed by atoms with van der Waals surface area (Å²) in [5, 5.41) is 13.0. The minimum absolute atomic E-state index is 0.365. The van der Waals surface area contributed by atoms with E-state index in [0.29, 0.717) is 18.6 Å². The molecular weight excluding hydrogens is 236 g/mol. The summed E-state index contributed by atoms with van der Waals surface area (Å²) in [5.41, 5.74) is 0. The lowest BCUT2D eigenvalue weighted by Gasteiger charge is -2.42. The molecule has 0 aromatic rings. The fraction of sp³-hybridized carbons (Fsp3) is 1.00. The first kappa shape index (κ1) is 15.3. The van der Waals surface area contributed by atoms with Crippen LogP contribution in [-0.4, -0.2) is 48.8 Å². The molecule has 1 saturated heterocycles. The quantitative estimate of drug-likeness (QED) is 0.800. The first-order valence-electron chi connectivity index (χ1n) is 8.20. The molecule has 1 aliphatic carbocycles. The summed E-state index contributed by atoms with van der Waals surface area (Å²) in [5.74, 6) is 2.99. The number of rotatable bonds is 5. The van der Waals surface area contributed by atoms with E-state index in [1.165, 1.54) is 32.4 Å². The number of nitrogens with one attached hydrogen (secondary N) is 1. The van der Waals surface area contributed by atoms with Gasteiger partial charge in [-0.25, -0.2) is 0 Å². The summed E-state index contributed by atoms with van der Waals surface area (Å²) >= 11 is 0. The Bertz CT molecular complexity index is 271. The van der Waals surface area contributed by atoms with Crippen molar-refractivity contribution < 1.29 is 5.11 Å². The number of likely N-dealkylation sites (tertiary alicyclic amines) is 1. The van der Waals surface area contributed by atoms with Gasteiger partial charge in [-0.1, -0.05) is 20.8 Å². The molecule has 19 heavy (non-hydrogen) atoms. The van der Waals surface area contributed by atoms with Gasteiger partial charge in [0.05, 0.1) is 0 Å². The summed E-state index contributed by atoms with van der Waals surface area (Å²) in [6, 6.07) is 0.692. The molecule has 3 heteroatoms. The maximum atomic E-state index is 9.27. The van der Waals surface area contributed by atoms with Crippen molar-refractivity contribution in [3.63, 3.8) is 0 Å². The average Bonchev–Trinajstić information content (AvgIpc) is 2.81. The molecule has 0 radical (unpaired) electrons. The van der Waals surface area contributed by atoms with E-state index in [1.54, 1.807) is 0 Å². The van der Waals surface area contributed by atoms with E-state index in [2.05, 4.69) is 31.0 Å². The van der Waals surface area contributed by atoms with Gasteiger partial charge in [-0.3, -0.25) is 0 Å². The van der Waals surface area contributed by atoms with Crippen molar-refractivity contribution in [3.05, 3.63) is 0 Å². The molecule has 0 aromatic heterocycles. The number of hydrogen-bond acceptors (Lipinski definition) is 3. The lowest BCUT2D eigenvalue weighted by atomic mass is 9.72. The van der Waals surface area contributed by atoms with Crippen molar-refractivity contribution in [1.82, 2.24) is 10.2 Å². The van der Waals surface area contributed by atoms with Gasteiger partial charge in [0.15, 0.2) is 0 Å². The molecule has 1 saturated carbocycles. The predicted molar refractivity (Wildman–Crippen MR) is 80.1 cm³/mol. The Morgan fingerprint density at radius 1 is 1.26 bits per heavy atom. The molecule has 0 spiro atoms. The summed E-state index contributed by atoms with van der Waals surface area (Å²) < 4.78 is 0. The van der Waals surface area contributed by atoms with Crippen molar-refractivity contribution >= 4 is 0 Å². The van der Waals surface area contributed by atoms with Crippen LogP contribution in [0.5, 0.6) is 0 Å². The second-order valence-electron chi connectivity index (χ2n) is 6.98.